The molecule has 5 heteroatoms. The predicted molar refractivity (Wildman–Crippen MR) is 86.6 cm³/mol. The fourth-order valence-electron chi connectivity index (χ4n) is 1.98. The molecule has 2 unspecified atom stereocenters. The van der Waals surface area contributed by atoms with Crippen LogP contribution in [0.25, 0.3) is 0 Å². The van der Waals surface area contributed by atoms with Gasteiger partial charge in [0.05, 0.1) is 12.1 Å². The van der Waals surface area contributed by atoms with Crippen LogP contribution >= 0.6 is 11.3 Å². The van der Waals surface area contributed by atoms with Crippen molar-refractivity contribution < 1.29 is 9.90 Å². The zero-order valence-electron chi connectivity index (χ0n) is 12.4. The Hall–Kier alpha value is -1.85. The van der Waals surface area contributed by atoms with Gasteiger partial charge in [0.15, 0.2) is 0 Å². The van der Waals surface area contributed by atoms with Crippen molar-refractivity contribution in [1.29, 1.82) is 0 Å². The third-order valence-corrected chi connectivity index (χ3v) is 4.52. The molecule has 0 saturated carbocycles. The van der Waals surface area contributed by atoms with E-state index in [0.717, 1.165) is 10.4 Å². The van der Waals surface area contributed by atoms with Crippen LogP contribution in [-0.4, -0.2) is 23.1 Å². The normalized spacial score (nSPS) is 13.5. The summed E-state index contributed by atoms with van der Waals surface area (Å²) in [6.07, 6.45) is -0.551. The van der Waals surface area contributed by atoms with Crippen LogP contribution in [0.5, 0.6) is 0 Å². The first kappa shape index (κ1) is 15.5. The highest BCUT2D eigenvalue weighted by Crippen LogP contribution is 2.24. The van der Waals surface area contributed by atoms with E-state index in [0.29, 0.717) is 5.69 Å². The van der Waals surface area contributed by atoms with E-state index in [1.807, 2.05) is 42.6 Å². The van der Waals surface area contributed by atoms with Crippen LogP contribution in [0.15, 0.2) is 41.8 Å². The molecule has 0 aliphatic carbocycles. The SMILES string of the molecule is CC(O)c1cccc(NC(=O)N(C)C(C)c2cccs2)c1. The fraction of sp³-hybridized carbons (Fsp3) is 0.312. The number of benzene rings is 1. The number of amides is 2. The number of anilines is 1. The predicted octanol–water partition coefficient (Wildman–Crippen LogP) is 4.03. The van der Waals surface area contributed by atoms with E-state index in [1.54, 1.807) is 36.3 Å². The summed E-state index contributed by atoms with van der Waals surface area (Å²) in [7, 11) is 1.78. The molecular formula is C16H20N2O2S. The Morgan fingerprint density at radius 1 is 1.29 bits per heavy atom. The van der Waals surface area contributed by atoms with E-state index in [-0.39, 0.29) is 12.1 Å². The highest BCUT2D eigenvalue weighted by atomic mass is 32.1. The number of carbonyl (C=O) groups excluding carboxylic acids is 1. The molecule has 4 nitrogen and oxygen atoms in total. The van der Waals surface area contributed by atoms with Gasteiger partial charge >= 0.3 is 6.03 Å². The molecule has 0 aliphatic heterocycles. The Labute approximate surface area is 129 Å². The number of aliphatic hydroxyl groups is 1. The minimum atomic E-state index is -0.551. The molecule has 0 saturated heterocycles. The lowest BCUT2D eigenvalue weighted by Gasteiger charge is -2.24. The van der Waals surface area contributed by atoms with Crippen molar-refractivity contribution in [2.75, 3.05) is 12.4 Å². The minimum Gasteiger partial charge on any atom is -0.389 e. The number of urea groups is 1. The van der Waals surface area contributed by atoms with E-state index in [9.17, 15) is 9.90 Å². The Bertz CT molecular complexity index is 596. The van der Waals surface area contributed by atoms with Crippen molar-refractivity contribution in [2.24, 2.45) is 0 Å². The fourth-order valence-corrected chi connectivity index (χ4v) is 2.81. The molecule has 112 valence electrons. The van der Waals surface area contributed by atoms with Crippen molar-refractivity contribution >= 4 is 23.1 Å². The van der Waals surface area contributed by atoms with Gasteiger partial charge in [-0.2, -0.15) is 0 Å². The molecule has 0 bridgehead atoms. The number of rotatable bonds is 4. The second-order valence-corrected chi connectivity index (χ2v) is 6.01. The lowest BCUT2D eigenvalue weighted by molar-refractivity contribution is 0.199. The summed E-state index contributed by atoms with van der Waals surface area (Å²) >= 11 is 1.63. The third kappa shape index (κ3) is 3.83. The smallest absolute Gasteiger partial charge is 0.322 e. The van der Waals surface area contributed by atoms with Crippen molar-refractivity contribution in [3.8, 4) is 0 Å². The summed E-state index contributed by atoms with van der Waals surface area (Å²) in [6.45, 7) is 3.70. The number of hydrogen-bond donors (Lipinski definition) is 2. The van der Waals surface area contributed by atoms with Gasteiger partial charge in [-0.1, -0.05) is 18.2 Å². The Morgan fingerprint density at radius 3 is 2.67 bits per heavy atom. The van der Waals surface area contributed by atoms with Gasteiger partial charge in [0.25, 0.3) is 0 Å². The summed E-state index contributed by atoms with van der Waals surface area (Å²) < 4.78 is 0. The van der Waals surface area contributed by atoms with E-state index in [1.165, 1.54) is 0 Å². The Morgan fingerprint density at radius 2 is 2.05 bits per heavy atom. The van der Waals surface area contributed by atoms with Gasteiger partial charge in [0.1, 0.15) is 0 Å². The number of nitrogens with one attached hydrogen (secondary N) is 1. The van der Waals surface area contributed by atoms with E-state index in [2.05, 4.69) is 5.32 Å². The standard InChI is InChI=1S/C16H20N2O2S/c1-11(15-8-5-9-21-15)18(3)16(20)17-14-7-4-6-13(10-14)12(2)19/h4-12,19H,1-3H3,(H,17,20). The lowest BCUT2D eigenvalue weighted by Crippen LogP contribution is -2.33. The van der Waals surface area contributed by atoms with Gasteiger partial charge < -0.3 is 15.3 Å². The first-order valence-corrected chi connectivity index (χ1v) is 7.72. The first-order valence-electron chi connectivity index (χ1n) is 6.84. The molecule has 1 aromatic heterocycles. The van der Waals surface area contributed by atoms with Gasteiger partial charge in [-0.25, -0.2) is 4.79 Å². The summed E-state index contributed by atoms with van der Waals surface area (Å²) in [6, 6.07) is 11.1. The molecule has 2 aromatic rings. The number of nitrogens with zero attached hydrogens (tertiary/aromatic N) is 1. The van der Waals surface area contributed by atoms with E-state index < -0.39 is 6.10 Å². The number of thiophene rings is 1. The summed E-state index contributed by atoms with van der Waals surface area (Å²) in [5.41, 5.74) is 1.46. The monoisotopic (exact) mass is 304 g/mol. The average molecular weight is 304 g/mol. The molecule has 0 radical (unpaired) electrons. The topological polar surface area (TPSA) is 52.6 Å². The average Bonchev–Trinajstić information content (AvgIpc) is 3.00. The van der Waals surface area contributed by atoms with Crippen LogP contribution in [0, 0.1) is 0 Å². The van der Waals surface area contributed by atoms with Crippen molar-refractivity contribution in [1.82, 2.24) is 4.90 Å². The maximum atomic E-state index is 12.3. The highest BCUT2D eigenvalue weighted by molar-refractivity contribution is 7.10. The lowest BCUT2D eigenvalue weighted by atomic mass is 10.1. The molecule has 0 spiro atoms. The summed E-state index contributed by atoms with van der Waals surface area (Å²) in [5, 5.41) is 14.4. The van der Waals surface area contributed by atoms with Crippen molar-refractivity contribution in [3.05, 3.63) is 52.2 Å². The van der Waals surface area contributed by atoms with Crippen LogP contribution in [-0.2, 0) is 0 Å². The molecule has 21 heavy (non-hydrogen) atoms. The zero-order valence-corrected chi connectivity index (χ0v) is 13.2. The van der Waals surface area contributed by atoms with Gasteiger partial charge in [0, 0.05) is 17.6 Å². The molecular weight excluding hydrogens is 284 g/mol. The maximum absolute atomic E-state index is 12.3. The number of aliphatic hydroxyl groups excluding tert-OH is 1. The second kappa shape index (κ2) is 6.74. The molecule has 1 aromatic carbocycles. The molecule has 2 N–H and O–H groups in total. The van der Waals surface area contributed by atoms with Gasteiger partial charge in [-0.3, -0.25) is 0 Å². The highest BCUT2D eigenvalue weighted by Gasteiger charge is 2.18. The largest absolute Gasteiger partial charge is 0.389 e. The summed E-state index contributed by atoms with van der Waals surface area (Å²) in [4.78, 5) is 15.1. The van der Waals surface area contributed by atoms with Crippen LogP contribution in [0.2, 0.25) is 0 Å². The van der Waals surface area contributed by atoms with Crippen molar-refractivity contribution in [3.63, 3.8) is 0 Å². The van der Waals surface area contributed by atoms with E-state index in [4.69, 9.17) is 0 Å². The quantitative estimate of drug-likeness (QED) is 0.896. The maximum Gasteiger partial charge on any atom is 0.322 e. The molecule has 0 fully saturated rings. The molecule has 1 heterocycles. The van der Waals surface area contributed by atoms with Gasteiger partial charge in [-0.05, 0) is 43.0 Å². The van der Waals surface area contributed by atoms with E-state index >= 15 is 0 Å². The van der Waals surface area contributed by atoms with Crippen molar-refractivity contribution in [2.45, 2.75) is 26.0 Å². The number of carbonyl (C=O) groups is 1. The summed E-state index contributed by atoms with van der Waals surface area (Å²) in [5.74, 6) is 0. The second-order valence-electron chi connectivity index (χ2n) is 5.03. The zero-order chi connectivity index (χ0) is 15.4. The molecule has 2 atom stereocenters. The van der Waals surface area contributed by atoms with Crippen LogP contribution in [0.1, 0.15) is 36.4 Å². The van der Waals surface area contributed by atoms with Crippen LogP contribution in [0.3, 0.4) is 0 Å². The molecule has 0 aliphatic rings. The van der Waals surface area contributed by atoms with Crippen LogP contribution in [0.4, 0.5) is 10.5 Å². The van der Waals surface area contributed by atoms with Gasteiger partial charge in [-0.15, -0.1) is 11.3 Å². The molecule has 2 rings (SSSR count). The molecule has 2 amide bonds. The number of hydrogen-bond acceptors (Lipinski definition) is 3. The Balaban J connectivity index is 2.05. The Kier molecular flexibility index (Phi) is 4.98. The van der Waals surface area contributed by atoms with Gasteiger partial charge in [0.2, 0.25) is 0 Å². The first-order chi connectivity index (χ1) is 9.99. The van der Waals surface area contributed by atoms with Crippen LogP contribution < -0.4 is 5.32 Å². The minimum absolute atomic E-state index is 0.0185. The third-order valence-electron chi connectivity index (χ3n) is 3.48.